The molecule has 2 rings (SSSR count). The van der Waals surface area contributed by atoms with Gasteiger partial charge in [0.05, 0.1) is 0 Å². The number of piperidine rings is 1. The predicted molar refractivity (Wildman–Crippen MR) is 60.5 cm³/mol. The largest absolute Gasteiger partial charge is 0.317 e. The van der Waals surface area contributed by atoms with Gasteiger partial charge in [-0.3, -0.25) is 4.90 Å². The van der Waals surface area contributed by atoms with Crippen molar-refractivity contribution in [1.29, 1.82) is 0 Å². The molecule has 2 nitrogen and oxygen atoms in total. The molecule has 2 aliphatic rings. The molecule has 1 unspecified atom stereocenters. The molecule has 0 amide bonds. The second kappa shape index (κ2) is 3.82. The lowest BCUT2D eigenvalue weighted by molar-refractivity contribution is 0.110. The average Bonchev–Trinajstić information content (AvgIpc) is 2.46. The first kappa shape index (κ1) is 10.4. The maximum atomic E-state index is 3.48. The van der Waals surface area contributed by atoms with Crippen LogP contribution in [-0.4, -0.2) is 36.6 Å². The minimum absolute atomic E-state index is 0.648. The van der Waals surface area contributed by atoms with E-state index in [1.165, 1.54) is 38.9 Å². The lowest BCUT2D eigenvalue weighted by Crippen LogP contribution is -2.45. The maximum absolute atomic E-state index is 3.48. The summed E-state index contributed by atoms with van der Waals surface area (Å²) in [5.41, 5.74) is 0.648. The van der Waals surface area contributed by atoms with Gasteiger partial charge in [-0.25, -0.2) is 0 Å². The van der Waals surface area contributed by atoms with E-state index >= 15 is 0 Å². The molecular formula is C12H24N2. The fourth-order valence-electron chi connectivity index (χ4n) is 3.40. The summed E-state index contributed by atoms with van der Waals surface area (Å²) in [5.74, 6) is 0. The van der Waals surface area contributed by atoms with Gasteiger partial charge in [-0.05, 0) is 65.1 Å². The van der Waals surface area contributed by atoms with E-state index in [1.807, 2.05) is 0 Å². The molecule has 2 fully saturated rings. The molecule has 0 saturated carbocycles. The first-order valence-corrected chi connectivity index (χ1v) is 6.12. The van der Waals surface area contributed by atoms with Crippen LogP contribution < -0.4 is 5.32 Å². The Morgan fingerprint density at radius 3 is 2.36 bits per heavy atom. The summed E-state index contributed by atoms with van der Waals surface area (Å²) in [7, 11) is 0. The predicted octanol–water partition coefficient (Wildman–Crippen LogP) is 1.86. The molecule has 1 atom stereocenters. The molecule has 1 spiro atoms. The summed E-state index contributed by atoms with van der Waals surface area (Å²) in [6, 6.07) is 1.52. The maximum Gasteiger partial charge on any atom is 0.0127 e. The third kappa shape index (κ3) is 1.59. The van der Waals surface area contributed by atoms with E-state index in [2.05, 4.69) is 31.0 Å². The van der Waals surface area contributed by atoms with Crippen LogP contribution in [0.1, 0.15) is 40.0 Å². The van der Waals surface area contributed by atoms with Gasteiger partial charge < -0.3 is 5.32 Å². The van der Waals surface area contributed by atoms with Gasteiger partial charge in [-0.2, -0.15) is 0 Å². The molecule has 14 heavy (non-hydrogen) atoms. The smallest absolute Gasteiger partial charge is 0.0127 e. The molecule has 2 saturated heterocycles. The van der Waals surface area contributed by atoms with Crippen molar-refractivity contribution in [2.24, 2.45) is 5.41 Å². The minimum atomic E-state index is 0.648. The number of rotatable bonds is 1. The second-order valence-corrected chi connectivity index (χ2v) is 5.37. The normalized spacial score (nSPS) is 33.0. The highest BCUT2D eigenvalue weighted by atomic mass is 15.2. The van der Waals surface area contributed by atoms with E-state index in [1.54, 1.807) is 0 Å². The van der Waals surface area contributed by atoms with Gasteiger partial charge in [0, 0.05) is 12.1 Å². The molecule has 0 aromatic carbocycles. The van der Waals surface area contributed by atoms with Crippen molar-refractivity contribution in [2.75, 3.05) is 19.6 Å². The Balaban J connectivity index is 2.07. The zero-order valence-electron chi connectivity index (χ0n) is 9.84. The van der Waals surface area contributed by atoms with Crippen molar-refractivity contribution in [3.05, 3.63) is 0 Å². The van der Waals surface area contributed by atoms with Gasteiger partial charge in [0.2, 0.25) is 0 Å². The number of nitrogens with zero attached hydrogens (tertiary/aromatic N) is 1. The highest BCUT2D eigenvalue weighted by Gasteiger charge is 2.45. The van der Waals surface area contributed by atoms with Crippen LogP contribution in [0.2, 0.25) is 0 Å². The lowest BCUT2D eigenvalue weighted by Gasteiger charge is -2.40. The molecule has 2 heterocycles. The number of nitrogens with one attached hydrogen (secondary N) is 1. The zero-order chi connectivity index (χ0) is 10.2. The van der Waals surface area contributed by atoms with Gasteiger partial charge in [0.1, 0.15) is 0 Å². The van der Waals surface area contributed by atoms with E-state index in [9.17, 15) is 0 Å². The average molecular weight is 196 g/mol. The SMILES string of the molecule is CC(C)N1CCC2(CCNCC2)C1C. The molecule has 0 aromatic heterocycles. The number of hydrogen-bond donors (Lipinski definition) is 1. The van der Waals surface area contributed by atoms with Crippen molar-refractivity contribution in [2.45, 2.75) is 52.1 Å². The molecule has 2 aliphatic heterocycles. The standard InChI is InChI=1S/C12H24N2/c1-10(2)14-9-6-12(11(14)3)4-7-13-8-5-12/h10-11,13H,4-9H2,1-3H3. The first-order chi connectivity index (χ1) is 6.66. The Morgan fingerprint density at radius 1 is 1.21 bits per heavy atom. The van der Waals surface area contributed by atoms with Crippen LogP contribution in [0.4, 0.5) is 0 Å². The first-order valence-electron chi connectivity index (χ1n) is 6.12. The summed E-state index contributed by atoms with van der Waals surface area (Å²) >= 11 is 0. The van der Waals surface area contributed by atoms with Gasteiger partial charge >= 0.3 is 0 Å². The highest BCUT2D eigenvalue weighted by molar-refractivity contribution is 4.99. The zero-order valence-corrected chi connectivity index (χ0v) is 9.84. The number of likely N-dealkylation sites (tertiary alicyclic amines) is 1. The van der Waals surface area contributed by atoms with E-state index in [4.69, 9.17) is 0 Å². The van der Waals surface area contributed by atoms with Gasteiger partial charge in [-0.1, -0.05) is 0 Å². The molecule has 2 heteroatoms. The fraction of sp³-hybridized carbons (Fsp3) is 1.00. The van der Waals surface area contributed by atoms with E-state index in [-0.39, 0.29) is 0 Å². The van der Waals surface area contributed by atoms with Crippen molar-refractivity contribution in [3.63, 3.8) is 0 Å². The van der Waals surface area contributed by atoms with Gasteiger partial charge in [0.25, 0.3) is 0 Å². The summed E-state index contributed by atoms with van der Waals surface area (Å²) in [6.45, 7) is 10.9. The van der Waals surface area contributed by atoms with Crippen molar-refractivity contribution in [1.82, 2.24) is 10.2 Å². The van der Waals surface area contributed by atoms with Crippen LogP contribution in [0.3, 0.4) is 0 Å². The Bertz CT molecular complexity index is 194. The van der Waals surface area contributed by atoms with Crippen molar-refractivity contribution < 1.29 is 0 Å². The van der Waals surface area contributed by atoms with E-state index in [0.717, 1.165) is 12.1 Å². The molecule has 0 bridgehead atoms. The second-order valence-electron chi connectivity index (χ2n) is 5.37. The molecule has 1 N–H and O–H groups in total. The molecular weight excluding hydrogens is 172 g/mol. The van der Waals surface area contributed by atoms with Crippen LogP contribution in [0, 0.1) is 5.41 Å². The van der Waals surface area contributed by atoms with Crippen LogP contribution in [0.5, 0.6) is 0 Å². The van der Waals surface area contributed by atoms with Crippen LogP contribution in [-0.2, 0) is 0 Å². The third-order valence-corrected chi connectivity index (χ3v) is 4.51. The quantitative estimate of drug-likeness (QED) is 0.688. The van der Waals surface area contributed by atoms with E-state index < -0.39 is 0 Å². The lowest BCUT2D eigenvalue weighted by atomic mass is 9.73. The van der Waals surface area contributed by atoms with Gasteiger partial charge in [0.15, 0.2) is 0 Å². The summed E-state index contributed by atoms with van der Waals surface area (Å²) in [6.07, 6.45) is 4.20. The van der Waals surface area contributed by atoms with Gasteiger partial charge in [-0.15, -0.1) is 0 Å². The summed E-state index contributed by atoms with van der Waals surface area (Å²) in [4.78, 5) is 2.69. The Kier molecular flexibility index (Phi) is 2.85. The third-order valence-electron chi connectivity index (χ3n) is 4.51. The van der Waals surface area contributed by atoms with E-state index in [0.29, 0.717) is 5.41 Å². The Labute approximate surface area is 88.1 Å². The minimum Gasteiger partial charge on any atom is -0.317 e. The molecule has 82 valence electrons. The molecule has 0 aromatic rings. The summed E-state index contributed by atoms with van der Waals surface area (Å²) in [5, 5.41) is 3.48. The van der Waals surface area contributed by atoms with Crippen molar-refractivity contribution in [3.8, 4) is 0 Å². The molecule has 0 aliphatic carbocycles. The van der Waals surface area contributed by atoms with Crippen LogP contribution in [0.25, 0.3) is 0 Å². The summed E-state index contributed by atoms with van der Waals surface area (Å²) < 4.78 is 0. The fourth-order valence-corrected chi connectivity index (χ4v) is 3.40. The Hall–Kier alpha value is -0.0800. The molecule has 0 radical (unpaired) electrons. The van der Waals surface area contributed by atoms with Crippen molar-refractivity contribution >= 4 is 0 Å². The topological polar surface area (TPSA) is 15.3 Å². The Morgan fingerprint density at radius 2 is 1.86 bits per heavy atom. The van der Waals surface area contributed by atoms with Crippen LogP contribution >= 0.6 is 0 Å². The highest BCUT2D eigenvalue weighted by Crippen LogP contribution is 2.44. The number of hydrogen-bond acceptors (Lipinski definition) is 2. The monoisotopic (exact) mass is 196 g/mol. The van der Waals surface area contributed by atoms with Crippen LogP contribution in [0.15, 0.2) is 0 Å².